The number of esters is 1. The molecule has 1 aromatic rings. The number of nitriles is 1. The van der Waals surface area contributed by atoms with Crippen LogP contribution >= 0.6 is 0 Å². The van der Waals surface area contributed by atoms with Crippen LogP contribution in [0.2, 0.25) is 0 Å². The molecule has 94 valence electrons. The predicted octanol–water partition coefficient (Wildman–Crippen LogP) is 1.28. The number of aromatic hydroxyl groups is 1. The monoisotopic (exact) mass is 250 g/mol. The van der Waals surface area contributed by atoms with Crippen LogP contribution in [0.1, 0.15) is 18.1 Å². The molecule has 0 aliphatic carbocycles. The SMILES string of the molecule is CCOC(=O)Cc1c(O)cc(C#N)cc1[N+](=O)[O-]. The number of hydrogen-bond donors (Lipinski definition) is 1. The van der Waals surface area contributed by atoms with Crippen molar-refractivity contribution in [2.24, 2.45) is 0 Å². The molecule has 7 nitrogen and oxygen atoms in total. The number of nitrogens with zero attached hydrogens (tertiary/aromatic N) is 2. The largest absolute Gasteiger partial charge is 0.507 e. The van der Waals surface area contributed by atoms with Gasteiger partial charge in [0.25, 0.3) is 5.69 Å². The number of phenolic OH excluding ortho intramolecular Hbond substituents is 1. The number of phenols is 1. The van der Waals surface area contributed by atoms with Gasteiger partial charge in [-0.1, -0.05) is 0 Å². The first kappa shape index (κ1) is 13.4. The summed E-state index contributed by atoms with van der Waals surface area (Å²) >= 11 is 0. The fourth-order valence-electron chi connectivity index (χ4n) is 1.41. The topological polar surface area (TPSA) is 113 Å². The van der Waals surface area contributed by atoms with Crippen LogP contribution in [0.5, 0.6) is 5.75 Å². The standard InChI is InChI=1S/C11H10N2O5/c1-2-18-11(15)5-8-9(13(16)17)3-7(6-12)4-10(8)14/h3-4,14H,2,5H2,1H3. The van der Waals surface area contributed by atoms with Crippen molar-refractivity contribution in [1.82, 2.24) is 0 Å². The quantitative estimate of drug-likeness (QED) is 0.489. The zero-order valence-electron chi connectivity index (χ0n) is 9.54. The lowest BCUT2D eigenvalue weighted by Gasteiger charge is -2.06. The summed E-state index contributed by atoms with van der Waals surface area (Å²) in [4.78, 5) is 21.3. The lowest BCUT2D eigenvalue weighted by Crippen LogP contribution is -2.09. The van der Waals surface area contributed by atoms with E-state index in [1.165, 1.54) is 0 Å². The third-order valence-corrected chi connectivity index (χ3v) is 2.16. The van der Waals surface area contributed by atoms with Crippen molar-refractivity contribution in [1.29, 1.82) is 5.26 Å². The molecular weight excluding hydrogens is 240 g/mol. The minimum atomic E-state index is -0.755. The van der Waals surface area contributed by atoms with Crippen molar-refractivity contribution in [3.63, 3.8) is 0 Å². The van der Waals surface area contributed by atoms with Crippen molar-refractivity contribution in [2.75, 3.05) is 6.61 Å². The second-order valence-corrected chi connectivity index (χ2v) is 3.34. The zero-order valence-corrected chi connectivity index (χ0v) is 9.54. The maximum atomic E-state index is 11.3. The second kappa shape index (κ2) is 5.63. The Labute approximate surface area is 102 Å². The molecule has 0 unspecified atom stereocenters. The maximum Gasteiger partial charge on any atom is 0.310 e. The van der Waals surface area contributed by atoms with Gasteiger partial charge in [-0.3, -0.25) is 14.9 Å². The van der Waals surface area contributed by atoms with Crippen LogP contribution < -0.4 is 0 Å². The second-order valence-electron chi connectivity index (χ2n) is 3.34. The first-order chi connectivity index (χ1) is 8.49. The number of carbonyl (C=O) groups excluding carboxylic acids is 1. The van der Waals surface area contributed by atoms with Gasteiger partial charge in [0.15, 0.2) is 0 Å². The molecule has 7 heteroatoms. The van der Waals surface area contributed by atoms with Crippen LogP contribution in [0.4, 0.5) is 5.69 Å². The molecule has 0 saturated carbocycles. The van der Waals surface area contributed by atoms with Crippen LogP contribution in [0.15, 0.2) is 12.1 Å². The number of benzene rings is 1. The van der Waals surface area contributed by atoms with E-state index in [9.17, 15) is 20.0 Å². The lowest BCUT2D eigenvalue weighted by molar-refractivity contribution is -0.385. The van der Waals surface area contributed by atoms with Gasteiger partial charge in [0.1, 0.15) is 5.75 Å². The Morgan fingerprint density at radius 2 is 2.28 bits per heavy atom. The van der Waals surface area contributed by atoms with Crippen LogP contribution in [0.3, 0.4) is 0 Å². The van der Waals surface area contributed by atoms with Crippen molar-refractivity contribution in [3.8, 4) is 11.8 Å². The highest BCUT2D eigenvalue weighted by Gasteiger charge is 2.22. The molecule has 1 aromatic carbocycles. The van der Waals surface area contributed by atoms with Crippen molar-refractivity contribution >= 4 is 11.7 Å². The number of carbonyl (C=O) groups is 1. The highest BCUT2D eigenvalue weighted by atomic mass is 16.6. The summed E-state index contributed by atoms with van der Waals surface area (Å²) in [5.41, 5.74) is -0.677. The third-order valence-electron chi connectivity index (χ3n) is 2.16. The molecule has 0 spiro atoms. The molecule has 0 heterocycles. The smallest absolute Gasteiger partial charge is 0.310 e. The van der Waals surface area contributed by atoms with E-state index in [1.807, 2.05) is 0 Å². The van der Waals surface area contributed by atoms with E-state index in [1.54, 1.807) is 13.0 Å². The van der Waals surface area contributed by atoms with E-state index in [0.29, 0.717) is 0 Å². The molecule has 0 atom stereocenters. The van der Waals surface area contributed by atoms with E-state index in [0.717, 1.165) is 12.1 Å². The van der Waals surface area contributed by atoms with Gasteiger partial charge in [0.05, 0.1) is 35.1 Å². The molecule has 0 aromatic heterocycles. The van der Waals surface area contributed by atoms with E-state index >= 15 is 0 Å². The van der Waals surface area contributed by atoms with Gasteiger partial charge in [-0.15, -0.1) is 0 Å². The zero-order chi connectivity index (χ0) is 13.7. The van der Waals surface area contributed by atoms with Crippen molar-refractivity contribution in [2.45, 2.75) is 13.3 Å². The molecule has 0 saturated heterocycles. The highest BCUT2D eigenvalue weighted by molar-refractivity contribution is 5.76. The predicted molar refractivity (Wildman–Crippen MR) is 59.8 cm³/mol. The Morgan fingerprint density at radius 3 is 2.78 bits per heavy atom. The summed E-state index contributed by atoms with van der Waals surface area (Å²) in [6.07, 6.45) is -0.415. The minimum Gasteiger partial charge on any atom is -0.507 e. The van der Waals surface area contributed by atoms with Crippen LogP contribution in [-0.2, 0) is 16.0 Å². The van der Waals surface area contributed by atoms with Gasteiger partial charge < -0.3 is 9.84 Å². The van der Waals surface area contributed by atoms with Crippen LogP contribution in [-0.4, -0.2) is 22.6 Å². The molecule has 0 aliphatic heterocycles. The highest BCUT2D eigenvalue weighted by Crippen LogP contribution is 2.30. The molecular formula is C11H10N2O5. The number of hydrogen-bond acceptors (Lipinski definition) is 6. The maximum absolute atomic E-state index is 11.3. The molecule has 0 bridgehead atoms. The minimum absolute atomic E-state index is 0.0493. The van der Waals surface area contributed by atoms with Gasteiger partial charge >= 0.3 is 5.97 Å². The van der Waals surface area contributed by atoms with Crippen molar-refractivity contribution < 1.29 is 19.6 Å². The Balaban J connectivity index is 3.21. The number of ether oxygens (including phenoxy) is 1. The average molecular weight is 250 g/mol. The Bertz CT molecular complexity index is 533. The van der Waals surface area contributed by atoms with E-state index < -0.39 is 28.8 Å². The van der Waals surface area contributed by atoms with Gasteiger partial charge in [0.2, 0.25) is 0 Å². The molecule has 18 heavy (non-hydrogen) atoms. The Morgan fingerprint density at radius 1 is 1.61 bits per heavy atom. The lowest BCUT2D eigenvalue weighted by atomic mass is 10.1. The van der Waals surface area contributed by atoms with Gasteiger partial charge in [0, 0.05) is 6.07 Å². The van der Waals surface area contributed by atoms with Gasteiger partial charge in [-0.25, -0.2) is 0 Å². The number of nitro benzene ring substituents is 1. The van der Waals surface area contributed by atoms with Gasteiger partial charge in [-0.05, 0) is 13.0 Å². The molecule has 0 fully saturated rings. The molecule has 0 amide bonds. The van der Waals surface area contributed by atoms with Crippen LogP contribution in [0.25, 0.3) is 0 Å². The first-order valence-corrected chi connectivity index (χ1v) is 5.05. The van der Waals surface area contributed by atoms with E-state index in [2.05, 4.69) is 4.74 Å². The summed E-state index contributed by atoms with van der Waals surface area (Å²) in [5.74, 6) is -1.14. The number of rotatable bonds is 4. The summed E-state index contributed by atoms with van der Waals surface area (Å²) in [7, 11) is 0. The van der Waals surface area contributed by atoms with E-state index in [-0.39, 0.29) is 17.7 Å². The summed E-state index contributed by atoms with van der Waals surface area (Å²) in [5, 5.41) is 29.1. The first-order valence-electron chi connectivity index (χ1n) is 5.05. The summed E-state index contributed by atoms with van der Waals surface area (Å²) in [6.45, 7) is 1.74. The summed E-state index contributed by atoms with van der Waals surface area (Å²) in [6, 6.07) is 3.77. The fourth-order valence-corrected chi connectivity index (χ4v) is 1.41. The summed E-state index contributed by atoms with van der Waals surface area (Å²) < 4.78 is 4.65. The fraction of sp³-hybridized carbons (Fsp3) is 0.273. The van der Waals surface area contributed by atoms with Gasteiger partial charge in [-0.2, -0.15) is 5.26 Å². The van der Waals surface area contributed by atoms with Crippen molar-refractivity contribution in [3.05, 3.63) is 33.4 Å². The normalized spacial score (nSPS) is 9.56. The third kappa shape index (κ3) is 2.95. The van der Waals surface area contributed by atoms with Crippen LogP contribution in [0, 0.1) is 21.4 Å². The Hall–Kier alpha value is -2.62. The van der Waals surface area contributed by atoms with E-state index in [4.69, 9.17) is 5.26 Å². The molecule has 1 rings (SSSR count). The molecule has 0 aliphatic rings. The number of nitro groups is 1. The average Bonchev–Trinajstić information content (AvgIpc) is 2.31. The molecule has 0 radical (unpaired) electrons. The Kier molecular flexibility index (Phi) is 4.21. The molecule has 1 N–H and O–H groups in total.